The molecule has 2 aromatic carbocycles. The molecule has 0 radical (unpaired) electrons. The van der Waals surface area contributed by atoms with E-state index in [1.807, 2.05) is 30.3 Å². The molecule has 0 fully saturated rings. The molecule has 2 rings (SSSR count). The number of benzene rings is 2. The van der Waals surface area contributed by atoms with Gasteiger partial charge in [0.25, 0.3) is 5.69 Å². The molecule has 0 aliphatic carbocycles. The van der Waals surface area contributed by atoms with Crippen molar-refractivity contribution in [2.24, 2.45) is 11.7 Å². The van der Waals surface area contributed by atoms with Crippen molar-refractivity contribution < 1.29 is 10.0 Å². The van der Waals surface area contributed by atoms with Crippen molar-refractivity contribution in [2.45, 2.75) is 37.3 Å². The Bertz CT molecular complexity index is 710. The first-order valence-corrected chi connectivity index (χ1v) is 9.77. The third-order valence-corrected chi connectivity index (χ3v) is 5.09. The Labute approximate surface area is 164 Å². The first-order valence-electron chi connectivity index (χ1n) is 9.00. The number of nitro benzene ring substituents is 1. The van der Waals surface area contributed by atoms with Crippen molar-refractivity contribution in [3.05, 3.63) is 70.3 Å². The van der Waals surface area contributed by atoms with Crippen molar-refractivity contribution in [3.8, 4) is 0 Å². The van der Waals surface area contributed by atoms with Gasteiger partial charge in [0, 0.05) is 36.2 Å². The third kappa shape index (κ3) is 7.30. The minimum Gasteiger partial charge on any atom is -0.390 e. The van der Waals surface area contributed by atoms with Gasteiger partial charge in [-0.05, 0) is 42.0 Å². The lowest BCUT2D eigenvalue weighted by Crippen LogP contribution is -2.43. The van der Waals surface area contributed by atoms with E-state index in [4.69, 9.17) is 5.73 Å². The van der Waals surface area contributed by atoms with Crippen LogP contribution in [0.15, 0.2) is 59.5 Å². The molecule has 0 amide bonds. The van der Waals surface area contributed by atoms with Gasteiger partial charge >= 0.3 is 0 Å². The van der Waals surface area contributed by atoms with E-state index >= 15 is 0 Å². The maximum absolute atomic E-state index is 10.8. The summed E-state index contributed by atoms with van der Waals surface area (Å²) in [4.78, 5) is 11.3. The molecular weight excluding hydrogens is 362 g/mol. The molecule has 3 N–H and O–H groups in total. The SMILES string of the molecule is CC(C)CN(CC(O)C(N)Cc1ccccc1)Sc1ccc([N+](=O)[O-])cc1. The average Bonchev–Trinajstić information content (AvgIpc) is 2.62. The number of nitrogens with zero attached hydrogens (tertiary/aromatic N) is 2. The first-order chi connectivity index (χ1) is 12.8. The Balaban J connectivity index is 1.98. The predicted octanol–water partition coefficient (Wildman–Crippen LogP) is 3.49. The van der Waals surface area contributed by atoms with Crippen LogP contribution < -0.4 is 5.73 Å². The molecule has 0 saturated carbocycles. The summed E-state index contributed by atoms with van der Waals surface area (Å²) in [6, 6.07) is 16.0. The van der Waals surface area contributed by atoms with Gasteiger partial charge < -0.3 is 10.8 Å². The summed E-state index contributed by atoms with van der Waals surface area (Å²) in [5.41, 5.74) is 7.38. The van der Waals surface area contributed by atoms with Crippen LogP contribution in [-0.4, -0.2) is 39.6 Å². The molecule has 7 heteroatoms. The molecule has 2 unspecified atom stereocenters. The van der Waals surface area contributed by atoms with E-state index in [9.17, 15) is 15.2 Å². The van der Waals surface area contributed by atoms with Crippen molar-refractivity contribution in [1.82, 2.24) is 4.31 Å². The maximum Gasteiger partial charge on any atom is 0.269 e. The highest BCUT2D eigenvalue weighted by atomic mass is 32.2. The molecule has 0 spiro atoms. The summed E-state index contributed by atoms with van der Waals surface area (Å²) in [6.45, 7) is 5.42. The van der Waals surface area contributed by atoms with Crippen LogP contribution >= 0.6 is 11.9 Å². The van der Waals surface area contributed by atoms with Gasteiger partial charge in [-0.25, -0.2) is 4.31 Å². The maximum atomic E-state index is 10.8. The van der Waals surface area contributed by atoms with Crippen LogP contribution in [0.2, 0.25) is 0 Å². The van der Waals surface area contributed by atoms with Crippen LogP contribution in [0.1, 0.15) is 19.4 Å². The standard InChI is InChI=1S/C20H27N3O3S/c1-15(2)13-22(27-18-10-8-17(9-11-18)23(25)26)14-20(24)19(21)12-16-6-4-3-5-7-16/h3-11,15,19-20,24H,12-14,21H2,1-2H3. The highest BCUT2D eigenvalue weighted by Gasteiger charge is 2.21. The fraction of sp³-hybridized carbons (Fsp3) is 0.400. The number of aliphatic hydroxyl groups is 1. The summed E-state index contributed by atoms with van der Waals surface area (Å²) < 4.78 is 2.07. The fourth-order valence-corrected chi connectivity index (χ4v) is 3.86. The molecule has 0 aliphatic rings. The molecular formula is C20H27N3O3S. The summed E-state index contributed by atoms with van der Waals surface area (Å²) in [5, 5.41) is 21.4. The van der Waals surface area contributed by atoms with E-state index < -0.39 is 11.0 Å². The van der Waals surface area contributed by atoms with Crippen LogP contribution in [-0.2, 0) is 6.42 Å². The van der Waals surface area contributed by atoms with Gasteiger partial charge in [0.15, 0.2) is 0 Å². The third-order valence-electron chi connectivity index (χ3n) is 4.05. The van der Waals surface area contributed by atoms with E-state index in [0.717, 1.165) is 17.0 Å². The second-order valence-corrected chi connectivity index (χ2v) is 8.17. The van der Waals surface area contributed by atoms with E-state index in [2.05, 4.69) is 18.2 Å². The molecule has 146 valence electrons. The fourth-order valence-electron chi connectivity index (χ4n) is 2.70. The number of nitrogens with two attached hydrogens (primary N) is 1. The first kappa shape index (κ1) is 21.4. The lowest BCUT2D eigenvalue weighted by molar-refractivity contribution is -0.384. The predicted molar refractivity (Wildman–Crippen MR) is 109 cm³/mol. The molecule has 2 atom stereocenters. The minimum atomic E-state index is -0.672. The average molecular weight is 390 g/mol. The van der Waals surface area contributed by atoms with Crippen molar-refractivity contribution in [2.75, 3.05) is 13.1 Å². The van der Waals surface area contributed by atoms with Crippen molar-refractivity contribution in [1.29, 1.82) is 0 Å². The second kappa shape index (κ2) is 10.4. The zero-order valence-corrected chi connectivity index (χ0v) is 16.5. The Morgan fingerprint density at radius 3 is 2.30 bits per heavy atom. The lowest BCUT2D eigenvalue weighted by Gasteiger charge is -2.28. The van der Waals surface area contributed by atoms with E-state index in [-0.39, 0.29) is 11.7 Å². The Hall–Kier alpha value is -1.93. The lowest BCUT2D eigenvalue weighted by atomic mass is 10.0. The molecule has 0 bridgehead atoms. The Kier molecular flexibility index (Phi) is 8.24. The number of hydrogen-bond acceptors (Lipinski definition) is 6. The zero-order valence-electron chi connectivity index (χ0n) is 15.7. The second-order valence-electron chi connectivity index (χ2n) is 7.00. The molecule has 6 nitrogen and oxygen atoms in total. The Morgan fingerprint density at radius 1 is 1.11 bits per heavy atom. The monoisotopic (exact) mass is 389 g/mol. The number of non-ortho nitro benzene ring substituents is 1. The van der Waals surface area contributed by atoms with Gasteiger partial charge in [0.2, 0.25) is 0 Å². The normalized spacial score (nSPS) is 13.7. The van der Waals surface area contributed by atoms with Crippen molar-refractivity contribution >= 4 is 17.6 Å². The molecule has 0 heterocycles. The zero-order chi connectivity index (χ0) is 19.8. The van der Waals surface area contributed by atoms with Gasteiger partial charge in [-0.1, -0.05) is 44.2 Å². The minimum absolute atomic E-state index is 0.0691. The van der Waals surface area contributed by atoms with Crippen LogP contribution in [0.25, 0.3) is 0 Å². The van der Waals surface area contributed by atoms with Gasteiger partial charge in [-0.3, -0.25) is 10.1 Å². The van der Waals surface area contributed by atoms with Gasteiger partial charge in [0.1, 0.15) is 0 Å². The highest BCUT2D eigenvalue weighted by molar-refractivity contribution is 7.97. The smallest absolute Gasteiger partial charge is 0.269 e. The van der Waals surface area contributed by atoms with E-state index in [1.54, 1.807) is 12.1 Å². The van der Waals surface area contributed by atoms with Gasteiger partial charge in [-0.2, -0.15) is 0 Å². The molecule has 27 heavy (non-hydrogen) atoms. The summed E-state index contributed by atoms with van der Waals surface area (Å²) in [6.07, 6.45) is -0.0609. The van der Waals surface area contributed by atoms with Crippen molar-refractivity contribution in [3.63, 3.8) is 0 Å². The molecule has 2 aromatic rings. The van der Waals surface area contributed by atoms with Gasteiger partial charge in [0.05, 0.1) is 11.0 Å². The summed E-state index contributed by atoms with van der Waals surface area (Å²) in [7, 11) is 0. The summed E-state index contributed by atoms with van der Waals surface area (Å²) >= 11 is 1.48. The number of hydrogen-bond donors (Lipinski definition) is 2. The van der Waals surface area contributed by atoms with E-state index in [0.29, 0.717) is 18.9 Å². The number of rotatable bonds is 10. The quantitative estimate of drug-likeness (QED) is 0.367. The highest BCUT2D eigenvalue weighted by Crippen LogP contribution is 2.26. The van der Waals surface area contributed by atoms with E-state index in [1.165, 1.54) is 24.1 Å². The number of aliphatic hydroxyl groups excluding tert-OH is 1. The van der Waals surface area contributed by atoms with Crippen LogP contribution in [0.3, 0.4) is 0 Å². The van der Waals surface area contributed by atoms with Crippen LogP contribution in [0.4, 0.5) is 5.69 Å². The largest absolute Gasteiger partial charge is 0.390 e. The Morgan fingerprint density at radius 2 is 1.74 bits per heavy atom. The summed E-state index contributed by atoms with van der Waals surface area (Å²) in [5.74, 6) is 0.410. The number of nitro groups is 1. The molecule has 0 aliphatic heterocycles. The molecule has 0 saturated heterocycles. The molecule has 0 aromatic heterocycles. The van der Waals surface area contributed by atoms with Gasteiger partial charge in [-0.15, -0.1) is 0 Å². The van der Waals surface area contributed by atoms with Crippen LogP contribution in [0.5, 0.6) is 0 Å². The van der Waals surface area contributed by atoms with Crippen LogP contribution in [0, 0.1) is 16.0 Å². The topological polar surface area (TPSA) is 92.6 Å².